The molecule has 0 spiro atoms. The summed E-state index contributed by atoms with van der Waals surface area (Å²) in [5.74, 6) is 0.411. The van der Waals surface area contributed by atoms with Crippen LogP contribution in [0.2, 0.25) is 0 Å². The number of carbonyl (C=O) groups is 2. The predicted octanol–water partition coefficient (Wildman–Crippen LogP) is 1.06. The lowest BCUT2D eigenvalue weighted by Crippen LogP contribution is -2.40. The lowest BCUT2D eigenvalue weighted by Gasteiger charge is -2.22. The van der Waals surface area contributed by atoms with Crippen LogP contribution in [0.1, 0.15) is 18.1 Å². The highest BCUT2D eigenvalue weighted by Gasteiger charge is 2.43. The van der Waals surface area contributed by atoms with Crippen LogP contribution in [0.15, 0.2) is 18.2 Å². The molecule has 2 N–H and O–H groups in total. The fraction of sp³-hybridized carbons (Fsp3) is 0.333. The Morgan fingerprint density at radius 2 is 2.00 bits per heavy atom. The van der Waals surface area contributed by atoms with Gasteiger partial charge in [0.15, 0.2) is 0 Å². The van der Waals surface area contributed by atoms with E-state index in [2.05, 4.69) is 10.6 Å². The molecule has 0 radical (unpaired) electrons. The molecule has 90 valence electrons. The van der Waals surface area contributed by atoms with Gasteiger partial charge < -0.3 is 10.1 Å². The summed E-state index contributed by atoms with van der Waals surface area (Å²) in [7, 11) is 1.59. The van der Waals surface area contributed by atoms with Gasteiger partial charge in [0.1, 0.15) is 11.3 Å². The molecule has 1 aromatic carbocycles. The van der Waals surface area contributed by atoms with Gasteiger partial charge in [-0.15, -0.1) is 0 Å². The lowest BCUT2D eigenvalue weighted by molar-refractivity contribution is -0.123. The zero-order valence-corrected chi connectivity index (χ0v) is 9.96. The average molecular weight is 234 g/mol. The van der Waals surface area contributed by atoms with E-state index < -0.39 is 11.6 Å². The molecule has 1 saturated heterocycles. The van der Waals surface area contributed by atoms with Gasteiger partial charge in [-0.05, 0) is 37.1 Å². The van der Waals surface area contributed by atoms with Crippen LogP contribution >= 0.6 is 0 Å². The fourth-order valence-electron chi connectivity index (χ4n) is 1.94. The smallest absolute Gasteiger partial charge is 0.322 e. The van der Waals surface area contributed by atoms with Crippen molar-refractivity contribution in [3.63, 3.8) is 0 Å². The maximum atomic E-state index is 11.7. The van der Waals surface area contributed by atoms with Crippen molar-refractivity contribution in [2.24, 2.45) is 0 Å². The summed E-state index contributed by atoms with van der Waals surface area (Å²) in [4.78, 5) is 22.9. The van der Waals surface area contributed by atoms with Crippen molar-refractivity contribution in [2.45, 2.75) is 19.4 Å². The molecule has 3 amide bonds. The largest absolute Gasteiger partial charge is 0.496 e. The number of urea groups is 1. The molecule has 1 aromatic rings. The predicted molar refractivity (Wildman–Crippen MR) is 61.8 cm³/mol. The zero-order chi connectivity index (χ0) is 12.6. The van der Waals surface area contributed by atoms with E-state index in [1.54, 1.807) is 26.2 Å². The number of aryl methyl sites for hydroxylation is 1. The van der Waals surface area contributed by atoms with Crippen molar-refractivity contribution < 1.29 is 14.3 Å². The summed E-state index contributed by atoms with van der Waals surface area (Å²) in [6, 6.07) is 4.93. The van der Waals surface area contributed by atoms with Crippen LogP contribution in [0.5, 0.6) is 5.75 Å². The Balaban J connectivity index is 2.44. The topological polar surface area (TPSA) is 67.4 Å². The molecule has 0 aliphatic carbocycles. The van der Waals surface area contributed by atoms with Gasteiger partial charge in [0.2, 0.25) is 0 Å². The van der Waals surface area contributed by atoms with Gasteiger partial charge >= 0.3 is 6.03 Å². The number of rotatable bonds is 2. The van der Waals surface area contributed by atoms with Crippen LogP contribution in [0.25, 0.3) is 0 Å². The number of amides is 3. The number of nitrogens with one attached hydrogen (secondary N) is 2. The quantitative estimate of drug-likeness (QED) is 0.752. The molecule has 17 heavy (non-hydrogen) atoms. The molecule has 5 nitrogen and oxygen atoms in total. The third-order valence-electron chi connectivity index (χ3n) is 3.02. The van der Waals surface area contributed by atoms with Crippen LogP contribution in [0.4, 0.5) is 4.79 Å². The first kappa shape index (κ1) is 11.4. The molecule has 5 heteroatoms. The third kappa shape index (κ3) is 1.73. The Morgan fingerprint density at radius 1 is 1.29 bits per heavy atom. The van der Waals surface area contributed by atoms with E-state index in [1.165, 1.54) is 0 Å². The highest BCUT2D eigenvalue weighted by Crippen LogP contribution is 2.28. The van der Waals surface area contributed by atoms with Crippen LogP contribution in [-0.4, -0.2) is 19.0 Å². The van der Waals surface area contributed by atoms with E-state index >= 15 is 0 Å². The Morgan fingerprint density at radius 3 is 2.47 bits per heavy atom. The van der Waals surface area contributed by atoms with E-state index in [0.29, 0.717) is 0 Å². The number of ether oxygens (including phenoxy) is 1. The normalized spacial score (nSPS) is 23.2. The summed E-state index contributed by atoms with van der Waals surface area (Å²) in [6.45, 7) is 3.56. The Labute approximate surface area is 99.2 Å². The van der Waals surface area contributed by atoms with Crippen molar-refractivity contribution in [3.8, 4) is 5.75 Å². The minimum absolute atomic E-state index is 0.341. The van der Waals surface area contributed by atoms with Crippen LogP contribution < -0.4 is 15.4 Å². The summed E-state index contributed by atoms with van der Waals surface area (Å²) >= 11 is 0. The summed E-state index contributed by atoms with van der Waals surface area (Å²) in [5.41, 5.74) is 0.646. The highest BCUT2D eigenvalue weighted by atomic mass is 16.5. The number of hydrogen-bond donors (Lipinski definition) is 2. The SMILES string of the molecule is COc1ccc([C@@]2(C)NC(=O)NC2=O)cc1C. The molecular weight excluding hydrogens is 220 g/mol. The minimum atomic E-state index is -1.01. The molecular formula is C12H14N2O3. The summed E-state index contributed by atoms with van der Waals surface area (Å²) < 4.78 is 5.16. The Hall–Kier alpha value is -2.04. The number of benzene rings is 1. The van der Waals surface area contributed by atoms with Gasteiger partial charge in [-0.2, -0.15) is 0 Å². The maximum Gasteiger partial charge on any atom is 0.322 e. The molecule has 2 rings (SSSR count). The molecule has 0 aromatic heterocycles. The third-order valence-corrected chi connectivity index (χ3v) is 3.02. The molecule has 1 heterocycles. The van der Waals surface area contributed by atoms with Gasteiger partial charge in [0, 0.05) is 0 Å². The van der Waals surface area contributed by atoms with E-state index in [4.69, 9.17) is 4.74 Å². The second-order valence-electron chi connectivity index (χ2n) is 4.22. The first-order chi connectivity index (χ1) is 7.97. The standard InChI is InChI=1S/C12H14N2O3/c1-7-6-8(4-5-9(7)17-3)12(2)10(15)13-11(16)14-12/h4-6H,1-3H3,(H2,13,14,15,16)/t12-/m1/s1. The molecule has 0 bridgehead atoms. The van der Waals surface area contributed by atoms with Gasteiger partial charge in [0.05, 0.1) is 7.11 Å². The number of methoxy groups -OCH3 is 1. The average Bonchev–Trinajstić information content (AvgIpc) is 2.53. The summed E-state index contributed by atoms with van der Waals surface area (Å²) in [6.07, 6.45) is 0. The van der Waals surface area contributed by atoms with Gasteiger partial charge in [-0.25, -0.2) is 4.79 Å². The van der Waals surface area contributed by atoms with Crippen molar-refractivity contribution >= 4 is 11.9 Å². The van der Waals surface area contributed by atoms with Crippen molar-refractivity contribution in [1.82, 2.24) is 10.6 Å². The molecule has 1 atom stereocenters. The Bertz CT molecular complexity index is 499. The first-order valence-electron chi connectivity index (χ1n) is 5.26. The summed E-state index contributed by atoms with van der Waals surface area (Å²) in [5, 5.41) is 4.85. The molecule has 0 unspecified atom stereocenters. The number of imide groups is 1. The highest BCUT2D eigenvalue weighted by molar-refractivity contribution is 6.07. The van der Waals surface area contributed by atoms with E-state index in [1.807, 2.05) is 13.0 Å². The second-order valence-corrected chi connectivity index (χ2v) is 4.22. The Kier molecular flexibility index (Phi) is 2.53. The molecule has 1 aliphatic heterocycles. The second kappa shape index (κ2) is 3.76. The zero-order valence-electron chi connectivity index (χ0n) is 9.96. The fourth-order valence-corrected chi connectivity index (χ4v) is 1.94. The molecule has 1 aliphatic rings. The van der Waals surface area contributed by atoms with E-state index in [-0.39, 0.29) is 5.91 Å². The monoisotopic (exact) mass is 234 g/mol. The van der Waals surface area contributed by atoms with E-state index in [0.717, 1.165) is 16.9 Å². The van der Waals surface area contributed by atoms with Crippen LogP contribution in [-0.2, 0) is 10.3 Å². The van der Waals surface area contributed by atoms with Gasteiger partial charge in [0.25, 0.3) is 5.91 Å². The van der Waals surface area contributed by atoms with Crippen molar-refractivity contribution in [3.05, 3.63) is 29.3 Å². The first-order valence-corrected chi connectivity index (χ1v) is 5.26. The van der Waals surface area contributed by atoms with Crippen molar-refractivity contribution in [1.29, 1.82) is 0 Å². The number of carbonyl (C=O) groups excluding carboxylic acids is 2. The van der Waals surface area contributed by atoms with E-state index in [9.17, 15) is 9.59 Å². The van der Waals surface area contributed by atoms with Crippen LogP contribution in [0, 0.1) is 6.92 Å². The number of hydrogen-bond acceptors (Lipinski definition) is 3. The van der Waals surface area contributed by atoms with Crippen molar-refractivity contribution in [2.75, 3.05) is 7.11 Å². The maximum absolute atomic E-state index is 11.7. The lowest BCUT2D eigenvalue weighted by atomic mass is 9.91. The molecule has 1 fully saturated rings. The van der Waals surface area contributed by atoms with Gasteiger partial charge in [-0.1, -0.05) is 6.07 Å². The molecule has 0 saturated carbocycles. The minimum Gasteiger partial charge on any atom is -0.496 e. The van der Waals surface area contributed by atoms with Gasteiger partial charge in [-0.3, -0.25) is 10.1 Å². The van der Waals surface area contributed by atoms with Crippen LogP contribution in [0.3, 0.4) is 0 Å².